The maximum atomic E-state index is 13.2. The van der Waals surface area contributed by atoms with Crippen molar-refractivity contribution in [2.45, 2.75) is 24.0 Å². The van der Waals surface area contributed by atoms with Crippen LogP contribution in [0.4, 0.5) is 11.4 Å². The van der Waals surface area contributed by atoms with E-state index in [-0.39, 0.29) is 27.7 Å². The van der Waals surface area contributed by atoms with Gasteiger partial charge in [0, 0.05) is 30.0 Å². The fourth-order valence-corrected chi connectivity index (χ4v) is 5.72. The standard InChI is InChI=1S/C26H26N4O4S2/c1-3-29(4-2)36(32,33)23-17-15-20(16-18-23)25-27-28-26(34-25)35-19-24(31)30(21-11-7-5-8-12-21)22-13-9-6-10-14-22/h5-18H,3-4,19H2,1-2H3. The lowest BCUT2D eigenvalue weighted by Gasteiger charge is -2.22. The molecule has 0 unspecified atom stereocenters. The van der Waals surface area contributed by atoms with Gasteiger partial charge in [-0.1, -0.05) is 62.0 Å². The van der Waals surface area contributed by atoms with E-state index in [1.165, 1.54) is 16.4 Å². The van der Waals surface area contributed by atoms with Crippen LogP contribution in [0, 0.1) is 0 Å². The molecule has 0 aliphatic heterocycles. The highest BCUT2D eigenvalue weighted by Crippen LogP contribution is 2.29. The van der Waals surface area contributed by atoms with E-state index in [1.807, 2.05) is 60.7 Å². The Morgan fingerprint density at radius 1 is 0.833 bits per heavy atom. The van der Waals surface area contributed by atoms with Crippen molar-refractivity contribution < 1.29 is 17.6 Å². The number of thioether (sulfide) groups is 1. The molecule has 36 heavy (non-hydrogen) atoms. The molecule has 0 aliphatic rings. The van der Waals surface area contributed by atoms with E-state index in [4.69, 9.17) is 4.42 Å². The molecule has 10 heteroatoms. The zero-order valence-electron chi connectivity index (χ0n) is 19.9. The van der Waals surface area contributed by atoms with E-state index in [1.54, 1.807) is 30.9 Å². The highest BCUT2D eigenvalue weighted by atomic mass is 32.2. The first-order valence-corrected chi connectivity index (χ1v) is 13.9. The summed E-state index contributed by atoms with van der Waals surface area (Å²) in [6.07, 6.45) is 0. The van der Waals surface area contributed by atoms with E-state index in [0.29, 0.717) is 18.7 Å². The van der Waals surface area contributed by atoms with Crippen molar-refractivity contribution in [3.05, 3.63) is 84.9 Å². The van der Waals surface area contributed by atoms with Crippen LogP contribution in [0.5, 0.6) is 0 Å². The third-order valence-electron chi connectivity index (χ3n) is 5.45. The number of amides is 1. The van der Waals surface area contributed by atoms with Crippen LogP contribution >= 0.6 is 11.8 Å². The third kappa shape index (κ3) is 5.67. The molecule has 0 saturated heterocycles. The summed E-state index contributed by atoms with van der Waals surface area (Å²) in [7, 11) is -3.55. The summed E-state index contributed by atoms with van der Waals surface area (Å²) in [4.78, 5) is 15.0. The number of hydrogen-bond donors (Lipinski definition) is 0. The molecule has 0 fully saturated rings. The van der Waals surface area contributed by atoms with Crippen molar-refractivity contribution >= 4 is 39.1 Å². The molecule has 1 aromatic heterocycles. The van der Waals surface area contributed by atoms with Crippen molar-refractivity contribution in [3.63, 3.8) is 0 Å². The summed E-state index contributed by atoms with van der Waals surface area (Å²) in [5.74, 6) is 0.203. The zero-order valence-corrected chi connectivity index (χ0v) is 21.6. The van der Waals surface area contributed by atoms with Gasteiger partial charge in [-0.15, -0.1) is 10.2 Å². The normalized spacial score (nSPS) is 11.5. The number of anilines is 2. The van der Waals surface area contributed by atoms with Crippen molar-refractivity contribution in [1.82, 2.24) is 14.5 Å². The van der Waals surface area contributed by atoms with Gasteiger partial charge in [-0.3, -0.25) is 9.69 Å². The minimum absolute atomic E-state index is 0.0898. The van der Waals surface area contributed by atoms with Gasteiger partial charge in [-0.25, -0.2) is 8.42 Å². The molecule has 0 aliphatic carbocycles. The molecule has 0 saturated carbocycles. The molecule has 0 spiro atoms. The smallest absolute Gasteiger partial charge is 0.277 e. The fraction of sp³-hybridized carbons (Fsp3) is 0.192. The predicted octanol–water partition coefficient (Wildman–Crippen LogP) is 5.22. The summed E-state index contributed by atoms with van der Waals surface area (Å²) in [5.41, 5.74) is 2.12. The number of para-hydroxylation sites is 2. The van der Waals surface area contributed by atoms with Gasteiger partial charge < -0.3 is 4.42 Å². The second-order valence-electron chi connectivity index (χ2n) is 7.68. The summed E-state index contributed by atoms with van der Waals surface area (Å²) in [6.45, 7) is 4.40. The highest BCUT2D eigenvalue weighted by molar-refractivity contribution is 7.99. The summed E-state index contributed by atoms with van der Waals surface area (Å²) in [5, 5.41) is 8.36. The van der Waals surface area contributed by atoms with Crippen LogP contribution in [0.25, 0.3) is 11.5 Å². The van der Waals surface area contributed by atoms with E-state index < -0.39 is 10.0 Å². The Kier molecular flexibility index (Phi) is 8.19. The SMILES string of the molecule is CCN(CC)S(=O)(=O)c1ccc(-c2nnc(SCC(=O)N(c3ccccc3)c3ccccc3)o2)cc1. The highest BCUT2D eigenvalue weighted by Gasteiger charge is 2.22. The maximum absolute atomic E-state index is 13.2. The maximum Gasteiger partial charge on any atom is 0.277 e. The van der Waals surface area contributed by atoms with Crippen LogP contribution in [-0.2, 0) is 14.8 Å². The van der Waals surface area contributed by atoms with Crippen molar-refractivity contribution in [2.24, 2.45) is 0 Å². The Labute approximate surface area is 215 Å². The van der Waals surface area contributed by atoms with Gasteiger partial charge in [0.05, 0.1) is 10.6 Å². The van der Waals surface area contributed by atoms with E-state index in [2.05, 4.69) is 10.2 Å². The Morgan fingerprint density at radius 2 is 1.39 bits per heavy atom. The molecule has 0 bridgehead atoms. The van der Waals surface area contributed by atoms with Gasteiger partial charge >= 0.3 is 0 Å². The predicted molar refractivity (Wildman–Crippen MR) is 141 cm³/mol. The molecular weight excluding hydrogens is 496 g/mol. The van der Waals surface area contributed by atoms with E-state index in [9.17, 15) is 13.2 Å². The minimum Gasteiger partial charge on any atom is -0.411 e. The fourth-order valence-electron chi connectivity index (χ4n) is 3.65. The molecule has 3 aromatic carbocycles. The Bertz CT molecular complexity index is 1350. The molecule has 186 valence electrons. The van der Waals surface area contributed by atoms with Gasteiger partial charge in [0.15, 0.2) is 0 Å². The number of rotatable bonds is 10. The van der Waals surface area contributed by atoms with Crippen LogP contribution in [0.1, 0.15) is 13.8 Å². The molecule has 4 rings (SSSR count). The van der Waals surface area contributed by atoms with E-state index >= 15 is 0 Å². The summed E-state index contributed by atoms with van der Waals surface area (Å²) >= 11 is 1.14. The van der Waals surface area contributed by atoms with Crippen LogP contribution in [0.2, 0.25) is 0 Å². The quantitative estimate of drug-likeness (QED) is 0.263. The number of carbonyl (C=O) groups excluding carboxylic acids is 1. The number of aromatic nitrogens is 2. The molecule has 4 aromatic rings. The largest absolute Gasteiger partial charge is 0.411 e. The Balaban J connectivity index is 1.46. The number of hydrogen-bond acceptors (Lipinski definition) is 7. The Morgan fingerprint density at radius 3 is 1.92 bits per heavy atom. The summed E-state index contributed by atoms with van der Waals surface area (Å²) < 4.78 is 32.5. The first kappa shape index (κ1) is 25.6. The molecule has 0 radical (unpaired) electrons. The lowest BCUT2D eigenvalue weighted by Crippen LogP contribution is -2.30. The van der Waals surface area contributed by atoms with Crippen molar-refractivity contribution in [1.29, 1.82) is 0 Å². The van der Waals surface area contributed by atoms with Crippen LogP contribution < -0.4 is 4.90 Å². The average molecular weight is 523 g/mol. The van der Waals surface area contributed by atoms with Crippen LogP contribution in [0.15, 0.2) is 99.5 Å². The number of nitrogens with zero attached hydrogens (tertiary/aromatic N) is 4. The second kappa shape index (κ2) is 11.5. The first-order chi connectivity index (χ1) is 17.4. The van der Waals surface area contributed by atoms with Gasteiger partial charge in [-0.2, -0.15) is 4.31 Å². The average Bonchev–Trinajstić information content (AvgIpc) is 3.39. The van der Waals surface area contributed by atoms with Gasteiger partial charge in [-0.05, 0) is 48.5 Å². The van der Waals surface area contributed by atoms with Gasteiger partial charge in [0.1, 0.15) is 0 Å². The monoisotopic (exact) mass is 522 g/mol. The molecule has 1 amide bonds. The lowest BCUT2D eigenvalue weighted by atomic mass is 10.2. The second-order valence-corrected chi connectivity index (χ2v) is 10.5. The molecule has 0 N–H and O–H groups in total. The third-order valence-corrected chi connectivity index (χ3v) is 8.32. The number of benzene rings is 3. The van der Waals surface area contributed by atoms with Gasteiger partial charge in [0.2, 0.25) is 21.8 Å². The topological polar surface area (TPSA) is 96.6 Å². The van der Waals surface area contributed by atoms with Crippen LogP contribution in [-0.4, -0.2) is 47.7 Å². The molecular formula is C26H26N4O4S2. The van der Waals surface area contributed by atoms with Crippen LogP contribution in [0.3, 0.4) is 0 Å². The summed E-state index contributed by atoms with van der Waals surface area (Å²) in [6, 6.07) is 25.2. The number of sulfonamides is 1. The lowest BCUT2D eigenvalue weighted by molar-refractivity contribution is -0.115. The van der Waals surface area contributed by atoms with E-state index in [0.717, 1.165) is 23.1 Å². The Hall–Kier alpha value is -3.47. The number of carbonyl (C=O) groups is 1. The first-order valence-electron chi connectivity index (χ1n) is 11.4. The van der Waals surface area contributed by atoms with Crippen molar-refractivity contribution in [3.8, 4) is 11.5 Å². The van der Waals surface area contributed by atoms with Gasteiger partial charge in [0.25, 0.3) is 5.22 Å². The molecule has 0 atom stereocenters. The van der Waals surface area contributed by atoms with Crippen molar-refractivity contribution in [2.75, 3.05) is 23.7 Å². The minimum atomic E-state index is -3.55. The molecule has 8 nitrogen and oxygen atoms in total. The zero-order chi connectivity index (χ0) is 25.5. The molecule has 1 heterocycles.